The molecule has 0 atom stereocenters. The normalized spacial score (nSPS) is 10.9. The van der Waals surface area contributed by atoms with Crippen LogP contribution in [0.3, 0.4) is 0 Å². The van der Waals surface area contributed by atoms with Crippen LogP contribution in [0.5, 0.6) is 0 Å². The van der Waals surface area contributed by atoms with Crippen LogP contribution >= 0.6 is 0 Å². The van der Waals surface area contributed by atoms with E-state index in [0.29, 0.717) is 11.1 Å². The SMILES string of the molecule is N#Cc1ccc(-c2cc(-c3ccc(-c4ccccc4)cc3)c3ccc4c(-c5ccc(-c6ccccc6)cc5)cc(-c5ccc(C#N)cc5)nc4c3n2)cc1. The highest BCUT2D eigenvalue weighted by molar-refractivity contribution is 6.13. The molecule has 0 aliphatic carbocycles. The summed E-state index contributed by atoms with van der Waals surface area (Å²) < 4.78 is 0. The van der Waals surface area contributed by atoms with Crippen LogP contribution < -0.4 is 0 Å². The second-order valence-electron chi connectivity index (χ2n) is 13.2. The minimum atomic E-state index is 0.596. The molecule has 0 aliphatic heterocycles. The van der Waals surface area contributed by atoms with Gasteiger partial charge in [-0.25, -0.2) is 9.97 Å². The number of hydrogen-bond acceptors (Lipinski definition) is 4. The van der Waals surface area contributed by atoms with Crippen LogP contribution in [0.4, 0.5) is 0 Å². The summed E-state index contributed by atoms with van der Waals surface area (Å²) in [6.45, 7) is 0. The zero-order valence-electron chi connectivity index (χ0n) is 29.1. The molecule has 0 N–H and O–H groups in total. The Morgan fingerprint density at radius 1 is 0.315 bits per heavy atom. The van der Waals surface area contributed by atoms with Gasteiger partial charge in [0.05, 0.1) is 45.7 Å². The largest absolute Gasteiger partial charge is 0.245 e. The third-order valence-electron chi connectivity index (χ3n) is 9.98. The molecule has 0 spiro atoms. The summed E-state index contributed by atoms with van der Waals surface area (Å²) in [6, 6.07) is 66.3. The number of benzene rings is 7. The monoisotopic (exact) mass is 686 g/mol. The van der Waals surface area contributed by atoms with Crippen LogP contribution in [0, 0.1) is 22.7 Å². The molecule has 9 aromatic rings. The Morgan fingerprint density at radius 2 is 0.630 bits per heavy atom. The van der Waals surface area contributed by atoms with Gasteiger partial charge in [-0.2, -0.15) is 10.5 Å². The summed E-state index contributed by atoms with van der Waals surface area (Å²) in [5, 5.41) is 21.0. The second kappa shape index (κ2) is 13.8. The summed E-state index contributed by atoms with van der Waals surface area (Å²) in [6.07, 6.45) is 0. The predicted octanol–water partition coefficient (Wildman–Crippen LogP) is 12.5. The van der Waals surface area contributed by atoms with E-state index in [1.165, 1.54) is 0 Å². The van der Waals surface area contributed by atoms with Crippen molar-refractivity contribution < 1.29 is 0 Å². The van der Waals surface area contributed by atoms with E-state index in [4.69, 9.17) is 9.97 Å². The molecule has 0 radical (unpaired) electrons. The lowest BCUT2D eigenvalue weighted by molar-refractivity contribution is 1.36. The lowest BCUT2D eigenvalue weighted by atomic mass is 9.92. The minimum Gasteiger partial charge on any atom is -0.245 e. The minimum absolute atomic E-state index is 0.596. The first-order valence-corrected chi connectivity index (χ1v) is 17.8. The van der Waals surface area contributed by atoms with Crippen LogP contribution in [-0.4, -0.2) is 9.97 Å². The average molecular weight is 687 g/mol. The van der Waals surface area contributed by atoms with Crippen molar-refractivity contribution in [2.75, 3.05) is 0 Å². The maximum atomic E-state index is 9.51. The Morgan fingerprint density at radius 3 is 0.981 bits per heavy atom. The Labute approximate surface area is 313 Å². The van der Waals surface area contributed by atoms with Crippen molar-refractivity contribution in [1.29, 1.82) is 10.5 Å². The van der Waals surface area contributed by atoms with Gasteiger partial charge in [-0.1, -0.05) is 146 Å². The average Bonchev–Trinajstić information content (AvgIpc) is 3.26. The van der Waals surface area contributed by atoms with Crippen LogP contribution in [0.1, 0.15) is 11.1 Å². The van der Waals surface area contributed by atoms with Gasteiger partial charge in [0.1, 0.15) is 0 Å². The van der Waals surface area contributed by atoms with Crippen LogP contribution in [0.25, 0.3) is 88.8 Å². The van der Waals surface area contributed by atoms with Gasteiger partial charge in [0.25, 0.3) is 0 Å². The van der Waals surface area contributed by atoms with Crippen molar-refractivity contribution in [3.8, 4) is 79.2 Å². The van der Waals surface area contributed by atoms with Crippen molar-refractivity contribution in [2.24, 2.45) is 0 Å². The summed E-state index contributed by atoms with van der Waals surface area (Å²) in [4.78, 5) is 10.7. The van der Waals surface area contributed by atoms with E-state index in [2.05, 4.69) is 133 Å². The van der Waals surface area contributed by atoms with Gasteiger partial charge in [-0.3, -0.25) is 0 Å². The van der Waals surface area contributed by atoms with Gasteiger partial charge in [-0.15, -0.1) is 0 Å². The number of pyridine rings is 2. The smallest absolute Gasteiger partial charge is 0.0991 e. The molecule has 0 amide bonds. The molecule has 54 heavy (non-hydrogen) atoms. The second-order valence-corrected chi connectivity index (χ2v) is 13.2. The van der Waals surface area contributed by atoms with Crippen LogP contribution in [0.15, 0.2) is 182 Å². The molecule has 4 heteroatoms. The van der Waals surface area contributed by atoms with E-state index in [1.807, 2.05) is 60.7 Å². The molecule has 250 valence electrons. The zero-order valence-corrected chi connectivity index (χ0v) is 29.1. The van der Waals surface area contributed by atoms with Crippen LogP contribution in [0.2, 0.25) is 0 Å². The Bertz CT molecular complexity index is 2680. The topological polar surface area (TPSA) is 73.4 Å². The summed E-state index contributed by atoms with van der Waals surface area (Å²) in [5.74, 6) is 0. The molecular formula is C50H30N4. The number of fused-ring (bicyclic) bond motifs is 3. The van der Waals surface area contributed by atoms with Crippen molar-refractivity contribution in [3.05, 3.63) is 193 Å². The number of aromatic nitrogens is 2. The van der Waals surface area contributed by atoms with Gasteiger partial charge in [0.2, 0.25) is 0 Å². The maximum Gasteiger partial charge on any atom is 0.0991 e. The molecule has 0 bridgehead atoms. The maximum absolute atomic E-state index is 9.51. The van der Waals surface area contributed by atoms with E-state index >= 15 is 0 Å². The van der Waals surface area contributed by atoms with Crippen molar-refractivity contribution >= 4 is 21.8 Å². The number of rotatable bonds is 6. The van der Waals surface area contributed by atoms with E-state index < -0.39 is 0 Å². The third-order valence-corrected chi connectivity index (χ3v) is 9.98. The first-order valence-electron chi connectivity index (χ1n) is 17.8. The van der Waals surface area contributed by atoms with E-state index in [-0.39, 0.29) is 0 Å². The fourth-order valence-corrected chi connectivity index (χ4v) is 7.13. The van der Waals surface area contributed by atoms with Crippen molar-refractivity contribution in [2.45, 2.75) is 0 Å². The highest BCUT2D eigenvalue weighted by Gasteiger charge is 2.18. The molecule has 0 aliphatic rings. The van der Waals surface area contributed by atoms with E-state index in [1.54, 1.807) is 0 Å². The van der Waals surface area contributed by atoms with Crippen molar-refractivity contribution in [3.63, 3.8) is 0 Å². The molecule has 7 aromatic carbocycles. The Balaban J connectivity index is 1.29. The fraction of sp³-hybridized carbons (Fsp3) is 0. The molecule has 9 rings (SSSR count). The lowest BCUT2D eigenvalue weighted by Gasteiger charge is -2.16. The molecule has 0 fully saturated rings. The molecular weight excluding hydrogens is 657 g/mol. The Kier molecular flexibility index (Phi) is 8.25. The number of hydrogen-bond donors (Lipinski definition) is 0. The van der Waals surface area contributed by atoms with Gasteiger partial charge < -0.3 is 0 Å². The highest BCUT2D eigenvalue weighted by atomic mass is 14.8. The van der Waals surface area contributed by atoms with Crippen LogP contribution in [-0.2, 0) is 0 Å². The highest BCUT2D eigenvalue weighted by Crippen LogP contribution is 2.40. The Hall–Kier alpha value is -7.66. The number of nitriles is 2. The van der Waals surface area contributed by atoms with E-state index in [9.17, 15) is 10.5 Å². The predicted molar refractivity (Wildman–Crippen MR) is 219 cm³/mol. The molecule has 0 saturated heterocycles. The zero-order chi connectivity index (χ0) is 36.4. The molecule has 4 nitrogen and oxygen atoms in total. The standard InChI is InChI=1S/C50H30N4/c51-31-33-11-15-41(16-12-33)47-29-45(39-23-19-37(20-24-39)35-7-3-1-4-8-35)43-27-28-44-46(40-25-21-38(22-26-40)36-9-5-2-6-10-36)30-48(54-50(44)49(43)53-47)42-17-13-34(32-52)14-18-42/h1-30H. The molecule has 0 saturated carbocycles. The summed E-state index contributed by atoms with van der Waals surface area (Å²) in [7, 11) is 0. The fourth-order valence-electron chi connectivity index (χ4n) is 7.13. The van der Waals surface area contributed by atoms with Crippen molar-refractivity contribution in [1.82, 2.24) is 9.97 Å². The molecule has 2 aromatic heterocycles. The van der Waals surface area contributed by atoms with Gasteiger partial charge in [0.15, 0.2) is 0 Å². The first kappa shape index (κ1) is 32.3. The molecule has 2 heterocycles. The quantitative estimate of drug-likeness (QED) is 0.163. The first-order chi connectivity index (χ1) is 26.6. The third kappa shape index (κ3) is 6.05. The molecule has 0 unspecified atom stereocenters. The summed E-state index contributed by atoms with van der Waals surface area (Å²) >= 11 is 0. The summed E-state index contributed by atoms with van der Waals surface area (Å²) in [5.41, 5.74) is 15.0. The van der Waals surface area contributed by atoms with E-state index in [0.717, 1.165) is 88.8 Å². The lowest BCUT2D eigenvalue weighted by Crippen LogP contribution is -1.96. The number of nitrogens with zero attached hydrogens (tertiary/aromatic N) is 4. The van der Waals surface area contributed by atoms with Gasteiger partial charge in [0, 0.05) is 21.9 Å². The van der Waals surface area contributed by atoms with Gasteiger partial charge >= 0.3 is 0 Å². The van der Waals surface area contributed by atoms with Gasteiger partial charge in [-0.05, 0) is 80.9 Å².